The van der Waals surface area contributed by atoms with Crippen LogP contribution in [0.3, 0.4) is 0 Å². The fraction of sp³-hybridized carbons (Fsp3) is 0.550. The number of oxime groups is 1. The minimum atomic E-state index is -0.617. The van der Waals surface area contributed by atoms with Crippen molar-refractivity contribution in [2.24, 2.45) is 11.1 Å². The van der Waals surface area contributed by atoms with Gasteiger partial charge in [0, 0.05) is 26.9 Å². The molecule has 5 atom stereocenters. The standard InChI is InChI=1S/C20H24N2O6/c1-12(23)27-19-16(25-10-14-6-4-3-5-7-14)9-22-8-15-11-26-21-17(15)20(18(19)22)28-13(2)24/h3-7,15-16,18-20H,8-11H2,1-2H3/t15-,16+,18-,19+,20-/m0/s1. The largest absolute Gasteiger partial charge is 0.458 e. The first kappa shape index (κ1) is 18.9. The molecule has 0 amide bonds. The van der Waals surface area contributed by atoms with E-state index in [1.807, 2.05) is 30.3 Å². The van der Waals surface area contributed by atoms with Crippen LogP contribution in [0.1, 0.15) is 19.4 Å². The summed E-state index contributed by atoms with van der Waals surface area (Å²) in [6.45, 7) is 4.89. The summed E-state index contributed by atoms with van der Waals surface area (Å²) < 4.78 is 17.4. The Morgan fingerprint density at radius 1 is 1.14 bits per heavy atom. The molecule has 28 heavy (non-hydrogen) atoms. The Morgan fingerprint density at radius 3 is 2.61 bits per heavy atom. The molecule has 2 saturated heterocycles. The summed E-state index contributed by atoms with van der Waals surface area (Å²) in [5.74, 6) is -0.740. The maximum Gasteiger partial charge on any atom is 0.303 e. The van der Waals surface area contributed by atoms with E-state index in [-0.39, 0.29) is 18.1 Å². The van der Waals surface area contributed by atoms with Crippen molar-refractivity contribution < 1.29 is 28.6 Å². The van der Waals surface area contributed by atoms with Gasteiger partial charge in [-0.15, -0.1) is 0 Å². The number of ether oxygens (including phenoxy) is 3. The number of fused-ring (bicyclic) bond motifs is 2. The third kappa shape index (κ3) is 3.74. The molecule has 0 aliphatic carbocycles. The molecular formula is C20H24N2O6. The number of hydrogen-bond donors (Lipinski definition) is 0. The molecule has 0 saturated carbocycles. The van der Waals surface area contributed by atoms with Crippen LogP contribution in [0.15, 0.2) is 35.5 Å². The van der Waals surface area contributed by atoms with Gasteiger partial charge >= 0.3 is 11.9 Å². The SMILES string of the molecule is CC(=O)O[C@H]1[C@H]2[C@@H](OC(C)=O)C3=NOC[C@@H]3CN2C[C@H]1OCc1ccccc1. The molecule has 1 aromatic carbocycles. The minimum absolute atomic E-state index is 0.0615. The van der Waals surface area contributed by atoms with Crippen molar-refractivity contribution in [2.45, 2.75) is 44.8 Å². The van der Waals surface area contributed by atoms with E-state index in [9.17, 15) is 9.59 Å². The lowest BCUT2D eigenvalue weighted by Crippen LogP contribution is -2.59. The van der Waals surface area contributed by atoms with Gasteiger partial charge < -0.3 is 19.0 Å². The monoisotopic (exact) mass is 388 g/mol. The molecule has 0 unspecified atom stereocenters. The van der Waals surface area contributed by atoms with E-state index < -0.39 is 24.1 Å². The van der Waals surface area contributed by atoms with Gasteiger partial charge in [-0.3, -0.25) is 14.5 Å². The summed E-state index contributed by atoms with van der Waals surface area (Å²) in [5, 5.41) is 4.12. The van der Waals surface area contributed by atoms with Crippen LogP contribution in [0, 0.1) is 5.92 Å². The maximum atomic E-state index is 11.8. The van der Waals surface area contributed by atoms with E-state index in [0.29, 0.717) is 32.0 Å². The second-order valence-corrected chi connectivity index (χ2v) is 7.39. The summed E-state index contributed by atoms with van der Waals surface area (Å²) in [7, 11) is 0. The number of benzene rings is 1. The molecule has 4 rings (SSSR count). The highest BCUT2D eigenvalue weighted by Gasteiger charge is 2.56. The highest BCUT2D eigenvalue weighted by Crippen LogP contribution is 2.36. The van der Waals surface area contributed by atoms with E-state index in [4.69, 9.17) is 19.0 Å². The molecule has 0 aromatic heterocycles. The van der Waals surface area contributed by atoms with Crippen LogP contribution in [-0.4, -0.2) is 66.6 Å². The summed E-state index contributed by atoms with van der Waals surface area (Å²) in [6.07, 6.45) is -1.50. The van der Waals surface area contributed by atoms with E-state index in [1.54, 1.807) is 0 Å². The second-order valence-electron chi connectivity index (χ2n) is 7.39. The van der Waals surface area contributed by atoms with Crippen molar-refractivity contribution in [1.29, 1.82) is 0 Å². The normalized spacial score (nSPS) is 31.4. The van der Waals surface area contributed by atoms with Crippen molar-refractivity contribution in [2.75, 3.05) is 19.7 Å². The van der Waals surface area contributed by atoms with Crippen molar-refractivity contribution >= 4 is 17.7 Å². The first-order chi connectivity index (χ1) is 13.5. The van der Waals surface area contributed by atoms with Crippen LogP contribution in [0.5, 0.6) is 0 Å². The highest BCUT2D eigenvalue weighted by molar-refractivity contribution is 5.94. The lowest BCUT2D eigenvalue weighted by Gasteiger charge is -2.39. The predicted octanol–water partition coefficient (Wildman–Crippen LogP) is 1.14. The molecule has 2 fully saturated rings. The zero-order valence-corrected chi connectivity index (χ0v) is 15.9. The summed E-state index contributed by atoms with van der Waals surface area (Å²) >= 11 is 0. The number of esters is 2. The molecule has 0 radical (unpaired) electrons. The lowest BCUT2D eigenvalue weighted by molar-refractivity contribution is -0.159. The van der Waals surface area contributed by atoms with Crippen LogP contribution < -0.4 is 0 Å². The third-order valence-corrected chi connectivity index (χ3v) is 5.36. The van der Waals surface area contributed by atoms with Crippen LogP contribution in [0.2, 0.25) is 0 Å². The van der Waals surface area contributed by atoms with Gasteiger partial charge in [0.1, 0.15) is 24.5 Å². The van der Waals surface area contributed by atoms with E-state index in [1.165, 1.54) is 13.8 Å². The molecule has 8 heteroatoms. The topological polar surface area (TPSA) is 86.7 Å². The Kier molecular flexibility index (Phi) is 5.32. The maximum absolute atomic E-state index is 11.8. The number of hydrogen-bond acceptors (Lipinski definition) is 8. The molecular weight excluding hydrogens is 364 g/mol. The Hall–Kier alpha value is -2.45. The molecule has 3 heterocycles. The number of carbonyl (C=O) groups excluding carboxylic acids is 2. The Morgan fingerprint density at radius 2 is 1.89 bits per heavy atom. The first-order valence-corrected chi connectivity index (χ1v) is 9.46. The Balaban J connectivity index is 1.57. The smallest absolute Gasteiger partial charge is 0.303 e. The van der Waals surface area contributed by atoms with Gasteiger partial charge in [-0.1, -0.05) is 35.5 Å². The van der Waals surface area contributed by atoms with Gasteiger partial charge in [0.05, 0.1) is 18.6 Å². The van der Waals surface area contributed by atoms with Gasteiger partial charge in [0.15, 0.2) is 6.10 Å². The molecule has 150 valence electrons. The van der Waals surface area contributed by atoms with Crippen molar-refractivity contribution in [3.8, 4) is 0 Å². The average molecular weight is 388 g/mol. The third-order valence-electron chi connectivity index (χ3n) is 5.36. The molecule has 1 aromatic rings. The summed E-state index contributed by atoms with van der Waals surface area (Å²) in [5.41, 5.74) is 1.75. The van der Waals surface area contributed by atoms with Gasteiger partial charge in [-0.2, -0.15) is 0 Å². The molecule has 0 spiro atoms. The van der Waals surface area contributed by atoms with Crippen molar-refractivity contribution in [3.63, 3.8) is 0 Å². The number of piperidine rings is 1. The zero-order valence-electron chi connectivity index (χ0n) is 15.9. The molecule has 0 N–H and O–H groups in total. The van der Waals surface area contributed by atoms with Gasteiger partial charge in [-0.05, 0) is 5.56 Å². The fourth-order valence-corrected chi connectivity index (χ4v) is 4.27. The van der Waals surface area contributed by atoms with Crippen molar-refractivity contribution in [3.05, 3.63) is 35.9 Å². The zero-order chi connectivity index (χ0) is 19.7. The van der Waals surface area contributed by atoms with Crippen molar-refractivity contribution in [1.82, 2.24) is 4.90 Å². The number of carbonyl (C=O) groups is 2. The Bertz CT molecular complexity index is 767. The van der Waals surface area contributed by atoms with Gasteiger partial charge in [0.25, 0.3) is 0 Å². The van der Waals surface area contributed by atoms with E-state index >= 15 is 0 Å². The minimum Gasteiger partial charge on any atom is -0.458 e. The highest BCUT2D eigenvalue weighted by atomic mass is 16.6. The molecule has 8 nitrogen and oxygen atoms in total. The number of rotatable bonds is 5. The van der Waals surface area contributed by atoms with Gasteiger partial charge in [-0.25, -0.2) is 0 Å². The first-order valence-electron chi connectivity index (χ1n) is 9.46. The molecule has 3 aliphatic rings. The molecule has 0 bridgehead atoms. The average Bonchev–Trinajstić information content (AvgIpc) is 3.25. The second kappa shape index (κ2) is 7.89. The quantitative estimate of drug-likeness (QED) is 0.699. The van der Waals surface area contributed by atoms with E-state index in [2.05, 4.69) is 10.1 Å². The van der Waals surface area contributed by atoms with Crippen LogP contribution >= 0.6 is 0 Å². The fourth-order valence-electron chi connectivity index (χ4n) is 4.27. The summed E-state index contributed by atoms with van der Waals surface area (Å²) in [6, 6.07) is 9.49. The van der Waals surface area contributed by atoms with E-state index in [0.717, 1.165) is 5.56 Å². The van der Waals surface area contributed by atoms with Crippen LogP contribution in [0.25, 0.3) is 0 Å². The molecule has 3 aliphatic heterocycles. The van der Waals surface area contributed by atoms with Gasteiger partial charge in [0.2, 0.25) is 0 Å². The Labute approximate surface area is 163 Å². The number of nitrogens with zero attached hydrogens (tertiary/aromatic N) is 2. The summed E-state index contributed by atoms with van der Waals surface area (Å²) in [4.78, 5) is 30.9. The predicted molar refractivity (Wildman–Crippen MR) is 98.4 cm³/mol. The van der Waals surface area contributed by atoms with Crippen LogP contribution in [-0.2, 0) is 35.2 Å². The lowest BCUT2D eigenvalue weighted by atomic mass is 9.88. The van der Waals surface area contributed by atoms with Crippen LogP contribution in [0.4, 0.5) is 0 Å².